The molecule has 0 bridgehead atoms. The molecule has 10 heteroatoms. The van der Waals surface area contributed by atoms with Crippen molar-refractivity contribution in [1.82, 2.24) is 14.5 Å². The number of nitrogens with two attached hydrogens (primary N) is 1. The summed E-state index contributed by atoms with van der Waals surface area (Å²) in [4.78, 5) is 56.8. The SMILES string of the molecule is C=C1c2ccccc2C(=O)N1CC(=O)N(CCCOC)c1c(N)n(Cc2ccccc2)c(=O)[nH]c1=O. The summed E-state index contributed by atoms with van der Waals surface area (Å²) >= 11 is 0. The van der Waals surface area contributed by atoms with Crippen LogP contribution < -0.4 is 21.9 Å². The Kier molecular flexibility index (Phi) is 7.16. The zero-order valence-electron chi connectivity index (χ0n) is 19.9. The number of carbonyl (C=O) groups excluding carboxylic acids is 2. The summed E-state index contributed by atoms with van der Waals surface area (Å²) in [5.41, 5.74) is 6.99. The monoisotopic (exact) mass is 489 g/mol. The number of carbonyl (C=O) groups is 2. The normalized spacial score (nSPS) is 12.6. The van der Waals surface area contributed by atoms with Crippen molar-refractivity contribution >= 4 is 29.0 Å². The van der Waals surface area contributed by atoms with Gasteiger partial charge in [-0.1, -0.05) is 55.1 Å². The van der Waals surface area contributed by atoms with Crippen molar-refractivity contribution in [2.45, 2.75) is 13.0 Å². The van der Waals surface area contributed by atoms with Crippen LogP contribution in [-0.2, 0) is 16.1 Å². The van der Waals surface area contributed by atoms with Crippen LogP contribution >= 0.6 is 0 Å². The van der Waals surface area contributed by atoms with Crippen LogP contribution in [0.5, 0.6) is 0 Å². The number of ether oxygens (including phenoxy) is 1. The van der Waals surface area contributed by atoms with Crippen molar-refractivity contribution in [3.05, 3.63) is 98.7 Å². The molecule has 1 aliphatic rings. The number of benzene rings is 2. The molecule has 3 aromatic rings. The maximum atomic E-state index is 13.5. The molecule has 0 unspecified atom stereocenters. The van der Waals surface area contributed by atoms with Gasteiger partial charge >= 0.3 is 5.69 Å². The lowest BCUT2D eigenvalue weighted by atomic mass is 10.1. The fourth-order valence-corrected chi connectivity index (χ4v) is 4.21. The lowest BCUT2D eigenvalue weighted by Crippen LogP contribution is -2.45. The Labute approximate surface area is 207 Å². The van der Waals surface area contributed by atoms with Crippen LogP contribution in [0.2, 0.25) is 0 Å². The number of aromatic amines is 1. The third-order valence-corrected chi connectivity index (χ3v) is 6.03. The minimum Gasteiger partial charge on any atom is -0.385 e. The second-order valence-corrected chi connectivity index (χ2v) is 8.34. The molecule has 0 atom stereocenters. The van der Waals surface area contributed by atoms with E-state index in [4.69, 9.17) is 10.5 Å². The van der Waals surface area contributed by atoms with Crippen LogP contribution in [0.25, 0.3) is 5.70 Å². The number of fused-ring (bicyclic) bond motifs is 1. The van der Waals surface area contributed by atoms with Gasteiger partial charge < -0.3 is 15.4 Å². The summed E-state index contributed by atoms with van der Waals surface area (Å²) in [6, 6.07) is 16.1. The number of aromatic nitrogens is 2. The Hall–Kier alpha value is -4.44. The first-order valence-electron chi connectivity index (χ1n) is 11.4. The molecule has 36 heavy (non-hydrogen) atoms. The van der Waals surface area contributed by atoms with Crippen molar-refractivity contribution < 1.29 is 14.3 Å². The molecular formula is C26H27N5O5. The lowest BCUT2D eigenvalue weighted by molar-refractivity contribution is -0.118. The second-order valence-electron chi connectivity index (χ2n) is 8.34. The van der Waals surface area contributed by atoms with E-state index < -0.39 is 17.2 Å². The van der Waals surface area contributed by atoms with Crippen LogP contribution in [0.15, 0.2) is 70.8 Å². The van der Waals surface area contributed by atoms with Crippen molar-refractivity contribution in [2.75, 3.05) is 37.4 Å². The maximum Gasteiger partial charge on any atom is 0.330 e. The first kappa shape index (κ1) is 24.7. The number of amides is 2. The van der Waals surface area contributed by atoms with Gasteiger partial charge in [-0.2, -0.15) is 0 Å². The Morgan fingerprint density at radius 2 is 1.72 bits per heavy atom. The largest absolute Gasteiger partial charge is 0.385 e. The van der Waals surface area contributed by atoms with Gasteiger partial charge in [-0.15, -0.1) is 0 Å². The molecule has 186 valence electrons. The maximum absolute atomic E-state index is 13.5. The van der Waals surface area contributed by atoms with Gasteiger partial charge in [0.2, 0.25) is 5.91 Å². The zero-order chi connectivity index (χ0) is 25.8. The van der Waals surface area contributed by atoms with E-state index in [1.54, 1.807) is 24.3 Å². The number of nitrogens with one attached hydrogen (secondary N) is 1. The third kappa shape index (κ3) is 4.71. The predicted molar refractivity (Wildman–Crippen MR) is 137 cm³/mol. The molecule has 0 radical (unpaired) electrons. The molecular weight excluding hydrogens is 462 g/mol. The lowest BCUT2D eigenvalue weighted by Gasteiger charge is -2.27. The van der Waals surface area contributed by atoms with Crippen LogP contribution in [-0.4, -0.2) is 53.1 Å². The average molecular weight is 490 g/mol. The molecule has 2 aromatic carbocycles. The average Bonchev–Trinajstić information content (AvgIpc) is 3.11. The van der Waals surface area contributed by atoms with Gasteiger partial charge in [-0.05, 0) is 18.1 Å². The molecule has 0 aliphatic carbocycles. The highest BCUT2D eigenvalue weighted by Crippen LogP contribution is 2.31. The first-order chi connectivity index (χ1) is 17.3. The summed E-state index contributed by atoms with van der Waals surface area (Å²) in [5, 5.41) is 0. The van der Waals surface area contributed by atoms with E-state index in [1.165, 1.54) is 21.5 Å². The van der Waals surface area contributed by atoms with Gasteiger partial charge in [-0.25, -0.2) is 4.79 Å². The highest BCUT2D eigenvalue weighted by molar-refractivity contribution is 6.11. The number of nitrogen functional groups attached to an aromatic ring is 1. The number of H-pyrrole nitrogens is 1. The zero-order valence-corrected chi connectivity index (χ0v) is 19.9. The van der Waals surface area contributed by atoms with E-state index >= 15 is 0 Å². The van der Waals surface area contributed by atoms with Crippen LogP contribution in [0.3, 0.4) is 0 Å². The smallest absolute Gasteiger partial charge is 0.330 e. The van der Waals surface area contributed by atoms with E-state index in [1.807, 2.05) is 30.3 Å². The van der Waals surface area contributed by atoms with E-state index in [2.05, 4.69) is 11.6 Å². The minimum atomic E-state index is -0.789. The number of rotatable bonds is 9. The second kappa shape index (κ2) is 10.4. The van der Waals surface area contributed by atoms with Crippen LogP contribution in [0, 0.1) is 0 Å². The molecule has 2 heterocycles. The first-order valence-corrected chi connectivity index (χ1v) is 11.4. The van der Waals surface area contributed by atoms with Crippen molar-refractivity contribution in [3.8, 4) is 0 Å². The summed E-state index contributed by atoms with van der Waals surface area (Å²) < 4.78 is 6.32. The van der Waals surface area contributed by atoms with E-state index in [0.29, 0.717) is 29.9 Å². The summed E-state index contributed by atoms with van der Waals surface area (Å²) in [7, 11) is 1.53. The van der Waals surface area contributed by atoms with Crippen molar-refractivity contribution in [3.63, 3.8) is 0 Å². The molecule has 0 fully saturated rings. The number of hydrogen-bond donors (Lipinski definition) is 2. The minimum absolute atomic E-state index is 0.0882. The Morgan fingerprint density at radius 1 is 1.06 bits per heavy atom. The number of hydrogen-bond acceptors (Lipinski definition) is 6. The Balaban J connectivity index is 1.69. The van der Waals surface area contributed by atoms with E-state index in [9.17, 15) is 19.2 Å². The standard InChI is InChI=1S/C26H27N5O5/c1-17-19-11-6-7-12-20(19)25(34)30(17)16-21(32)29(13-8-14-36-2)22-23(27)31(26(35)28-24(22)33)15-18-9-4-3-5-10-18/h3-7,9-12H,1,8,13-16,27H2,2H3,(H,28,33,35). The summed E-state index contributed by atoms with van der Waals surface area (Å²) in [5.74, 6) is -1.04. The fourth-order valence-electron chi connectivity index (χ4n) is 4.21. The summed E-state index contributed by atoms with van der Waals surface area (Å²) in [6.07, 6.45) is 0.397. The van der Waals surface area contributed by atoms with Gasteiger partial charge in [0.25, 0.3) is 11.5 Å². The van der Waals surface area contributed by atoms with Crippen LogP contribution in [0.1, 0.15) is 27.9 Å². The van der Waals surface area contributed by atoms with Gasteiger partial charge in [-0.3, -0.25) is 28.8 Å². The summed E-state index contributed by atoms with van der Waals surface area (Å²) in [6.45, 7) is 4.14. The molecule has 10 nitrogen and oxygen atoms in total. The predicted octanol–water partition coefficient (Wildman–Crippen LogP) is 1.66. The van der Waals surface area contributed by atoms with Crippen LogP contribution in [0.4, 0.5) is 11.5 Å². The molecule has 0 spiro atoms. The molecule has 3 N–H and O–H groups in total. The van der Waals surface area contributed by atoms with Gasteiger partial charge in [0.15, 0.2) is 5.69 Å². The molecule has 1 aliphatic heterocycles. The van der Waals surface area contributed by atoms with Gasteiger partial charge in [0, 0.05) is 37.1 Å². The Morgan fingerprint density at radius 3 is 2.39 bits per heavy atom. The van der Waals surface area contributed by atoms with Gasteiger partial charge in [0.05, 0.1) is 6.54 Å². The Bertz CT molecular complexity index is 1390. The molecule has 2 amide bonds. The topological polar surface area (TPSA) is 131 Å². The molecule has 0 saturated heterocycles. The number of anilines is 2. The fraction of sp³-hybridized carbons (Fsp3) is 0.231. The number of nitrogens with zero attached hydrogens (tertiary/aromatic N) is 3. The van der Waals surface area contributed by atoms with Crippen molar-refractivity contribution in [2.24, 2.45) is 0 Å². The van der Waals surface area contributed by atoms with Gasteiger partial charge in [0.1, 0.15) is 12.4 Å². The highest BCUT2D eigenvalue weighted by atomic mass is 16.5. The molecule has 1 aromatic heterocycles. The highest BCUT2D eigenvalue weighted by Gasteiger charge is 2.34. The quantitative estimate of drug-likeness (QED) is 0.440. The van der Waals surface area contributed by atoms with E-state index in [0.717, 1.165) is 5.56 Å². The number of methoxy groups -OCH3 is 1. The third-order valence-electron chi connectivity index (χ3n) is 6.03. The van der Waals surface area contributed by atoms with E-state index in [-0.39, 0.29) is 37.0 Å². The van der Waals surface area contributed by atoms with Crippen molar-refractivity contribution in [1.29, 1.82) is 0 Å². The molecule has 0 saturated carbocycles. The molecule has 4 rings (SSSR count).